The summed E-state index contributed by atoms with van der Waals surface area (Å²) in [6, 6.07) is 16.2. The molecule has 0 aromatic heterocycles. The highest BCUT2D eigenvalue weighted by atomic mass is 16.2. The first-order valence-electron chi connectivity index (χ1n) is 9.15. The van der Waals surface area contributed by atoms with Crippen molar-refractivity contribution in [2.24, 2.45) is 5.92 Å². The average molecular weight is 361 g/mol. The molecule has 0 radical (unpaired) electrons. The third kappa shape index (κ3) is 4.35. The summed E-state index contributed by atoms with van der Waals surface area (Å²) in [6.45, 7) is 4.45. The molecule has 0 saturated heterocycles. The van der Waals surface area contributed by atoms with E-state index in [1.807, 2.05) is 38.1 Å². The van der Waals surface area contributed by atoms with E-state index in [0.29, 0.717) is 30.6 Å². The van der Waals surface area contributed by atoms with Gasteiger partial charge in [0.05, 0.1) is 11.6 Å². The lowest BCUT2D eigenvalue weighted by Gasteiger charge is -2.36. The predicted octanol–water partition coefficient (Wildman–Crippen LogP) is 3.50. The number of hydrogen-bond acceptors (Lipinski definition) is 3. The predicted molar refractivity (Wildman–Crippen MR) is 104 cm³/mol. The first kappa shape index (κ1) is 18.7. The largest absolute Gasteiger partial charge is 0.326 e. The zero-order valence-corrected chi connectivity index (χ0v) is 15.6. The summed E-state index contributed by atoms with van der Waals surface area (Å²) in [6.07, 6.45) is 0.922. The van der Waals surface area contributed by atoms with Crippen molar-refractivity contribution < 1.29 is 9.59 Å². The van der Waals surface area contributed by atoms with E-state index in [-0.39, 0.29) is 17.7 Å². The van der Waals surface area contributed by atoms with Gasteiger partial charge in [0.25, 0.3) is 0 Å². The van der Waals surface area contributed by atoms with E-state index in [1.165, 1.54) is 0 Å². The standard InChI is InChI=1S/C22H23N3O2/c1-15(2)11-21(26)25-14-18-6-4-3-5-17(18)12-20(25)22(27)24-19-9-7-16(13-23)8-10-19/h3-10,15,20H,11-12,14H2,1-2H3,(H,24,27)/t20-/m1/s1. The molecule has 2 aromatic carbocycles. The average Bonchev–Trinajstić information content (AvgIpc) is 2.67. The van der Waals surface area contributed by atoms with Crippen molar-refractivity contribution in [2.75, 3.05) is 5.32 Å². The lowest BCUT2D eigenvalue weighted by molar-refractivity contribution is -0.140. The van der Waals surface area contributed by atoms with E-state index >= 15 is 0 Å². The molecule has 138 valence electrons. The number of anilines is 1. The third-order valence-corrected chi connectivity index (χ3v) is 4.74. The number of amides is 2. The molecule has 1 heterocycles. The fraction of sp³-hybridized carbons (Fsp3) is 0.318. The molecule has 1 atom stereocenters. The smallest absolute Gasteiger partial charge is 0.247 e. The van der Waals surface area contributed by atoms with Crippen LogP contribution in [0.4, 0.5) is 5.69 Å². The number of carbonyl (C=O) groups is 2. The first-order valence-corrected chi connectivity index (χ1v) is 9.15. The Morgan fingerprint density at radius 1 is 1.15 bits per heavy atom. The zero-order chi connectivity index (χ0) is 19.4. The molecule has 5 heteroatoms. The maximum absolute atomic E-state index is 13.0. The van der Waals surface area contributed by atoms with Crippen molar-refractivity contribution in [1.29, 1.82) is 5.26 Å². The van der Waals surface area contributed by atoms with Gasteiger partial charge >= 0.3 is 0 Å². The normalized spacial score (nSPS) is 15.8. The number of nitrogens with one attached hydrogen (secondary N) is 1. The second-order valence-corrected chi connectivity index (χ2v) is 7.29. The van der Waals surface area contributed by atoms with Gasteiger partial charge in [-0.3, -0.25) is 9.59 Å². The van der Waals surface area contributed by atoms with E-state index in [0.717, 1.165) is 11.1 Å². The molecule has 27 heavy (non-hydrogen) atoms. The van der Waals surface area contributed by atoms with Crippen molar-refractivity contribution in [1.82, 2.24) is 4.90 Å². The highest BCUT2D eigenvalue weighted by molar-refractivity contribution is 5.97. The van der Waals surface area contributed by atoms with E-state index < -0.39 is 6.04 Å². The molecule has 3 rings (SSSR count). The molecule has 0 saturated carbocycles. The lowest BCUT2D eigenvalue weighted by atomic mass is 9.92. The summed E-state index contributed by atoms with van der Waals surface area (Å²) in [5.74, 6) is 0.0303. The summed E-state index contributed by atoms with van der Waals surface area (Å²) < 4.78 is 0. The van der Waals surface area contributed by atoms with E-state index in [4.69, 9.17) is 5.26 Å². The van der Waals surface area contributed by atoms with Crippen LogP contribution in [0.3, 0.4) is 0 Å². The first-order chi connectivity index (χ1) is 13.0. The monoisotopic (exact) mass is 361 g/mol. The van der Waals surface area contributed by atoms with E-state index in [2.05, 4.69) is 11.4 Å². The van der Waals surface area contributed by atoms with Gasteiger partial charge in [0.15, 0.2) is 0 Å². The minimum atomic E-state index is -0.540. The second-order valence-electron chi connectivity index (χ2n) is 7.29. The van der Waals surface area contributed by atoms with Gasteiger partial charge < -0.3 is 10.2 Å². The fourth-order valence-corrected chi connectivity index (χ4v) is 3.34. The second kappa shape index (κ2) is 8.05. The summed E-state index contributed by atoms with van der Waals surface area (Å²) in [7, 11) is 0. The van der Waals surface area contributed by atoms with Crippen LogP contribution in [0.5, 0.6) is 0 Å². The fourth-order valence-electron chi connectivity index (χ4n) is 3.34. The Morgan fingerprint density at radius 2 is 1.81 bits per heavy atom. The number of benzene rings is 2. The van der Waals surface area contributed by atoms with Crippen molar-refractivity contribution in [3.63, 3.8) is 0 Å². The molecule has 0 bridgehead atoms. The Labute approximate surface area is 159 Å². The van der Waals surface area contributed by atoms with Gasteiger partial charge in [0, 0.05) is 25.1 Å². The third-order valence-electron chi connectivity index (χ3n) is 4.74. The van der Waals surface area contributed by atoms with Crippen LogP contribution >= 0.6 is 0 Å². The van der Waals surface area contributed by atoms with E-state index in [9.17, 15) is 9.59 Å². The van der Waals surface area contributed by atoms with Gasteiger partial charge in [-0.15, -0.1) is 0 Å². The van der Waals surface area contributed by atoms with Crippen LogP contribution in [-0.4, -0.2) is 22.8 Å². The van der Waals surface area contributed by atoms with E-state index in [1.54, 1.807) is 29.2 Å². The summed E-state index contributed by atoms with van der Waals surface area (Å²) in [4.78, 5) is 27.4. The maximum Gasteiger partial charge on any atom is 0.247 e. The highest BCUT2D eigenvalue weighted by Crippen LogP contribution is 2.25. The van der Waals surface area contributed by atoms with Gasteiger partial charge in [0.2, 0.25) is 11.8 Å². The van der Waals surface area contributed by atoms with Gasteiger partial charge in [-0.1, -0.05) is 38.1 Å². The SMILES string of the molecule is CC(C)CC(=O)N1Cc2ccccc2C[C@@H]1C(=O)Nc1ccc(C#N)cc1. The Bertz CT molecular complexity index is 881. The van der Waals surface area contributed by atoms with Crippen LogP contribution in [0.25, 0.3) is 0 Å². The van der Waals surface area contributed by atoms with Gasteiger partial charge in [-0.2, -0.15) is 5.26 Å². The number of nitriles is 1. The van der Waals surface area contributed by atoms with Crippen LogP contribution in [-0.2, 0) is 22.6 Å². The topological polar surface area (TPSA) is 73.2 Å². The number of rotatable bonds is 4. The number of hydrogen-bond donors (Lipinski definition) is 1. The van der Waals surface area contributed by atoms with Crippen molar-refractivity contribution in [3.05, 3.63) is 65.2 Å². The van der Waals surface area contributed by atoms with Crippen LogP contribution in [0.15, 0.2) is 48.5 Å². The molecule has 0 fully saturated rings. The van der Waals surface area contributed by atoms with Crippen molar-refractivity contribution in [3.8, 4) is 6.07 Å². The molecule has 2 aromatic rings. The minimum Gasteiger partial charge on any atom is -0.326 e. The molecule has 0 spiro atoms. The molecular formula is C22H23N3O2. The molecule has 1 aliphatic heterocycles. The number of carbonyl (C=O) groups excluding carboxylic acids is 2. The van der Waals surface area contributed by atoms with Gasteiger partial charge in [0.1, 0.15) is 6.04 Å². The van der Waals surface area contributed by atoms with Gasteiger partial charge in [-0.25, -0.2) is 0 Å². The number of nitrogens with zero attached hydrogens (tertiary/aromatic N) is 2. The highest BCUT2D eigenvalue weighted by Gasteiger charge is 2.34. The molecule has 0 aliphatic carbocycles. The minimum absolute atomic E-state index is 0.000480. The molecule has 0 unspecified atom stereocenters. The van der Waals surface area contributed by atoms with Crippen molar-refractivity contribution in [2.45, 2.75) is 39.3 Å². The van der Waals surface area contributed by atoms with Gasteiger partial charge in [-0.05, 0) is 41.3 Å². The van der Waals surface area contributed by atoms with Crippen LogP contribution < -0.4 is 5.32 Å². The Morgan fingerprint density at radius 3 is 2.44 bits per heavy atom. The molecular weight excluding hydrogens is 338 g/mol. The Kier molecular flexibility index (Phi) is 5.56. The van der Waals surface area contributed by atoms with Crippen LogP contribution in [0.1, 0.15) is 37.0 Å². The lowest BCUT2D eigenvalue weighted by Crippen LogP contribution is -2.50. The maximum atomic E-state index is 13.0. The van der Waals surface area contributed by atoms with Crippen LogP contribution in [0.2, 0.25) is 0 Å². The quantitative estimate of drug-likeness (QED) is 0.906. The summed E-state index contributed by atoms with van der Waals surface area (Å²) in [5.41, 5.74) is 3.35. The zero-order valence-electron chi connectivity index (χ0n) is 15.6. The Hall–Kier alpha value is -3.13. The molecule has 2 amide bonds. The molecule has 5 nitrogen and oxygen atoms in total. The molecule has 1 aliphatic rings. The Balaban J connectivity index is 1.83. The molecule has 1 N–H and O–H groups in total. The van der Waals surface area contributed by atoms with Crippen LogP contribution in [0, 0.1) is 17.2 Å². The summed E-state index contributed by atoms with van der Waals surface area (Å²) >= 11 is 0. The summed E-state index contributed by atoms with van der Waals surface area (Å²) in [5, 5.41) is 11.8. The number of fused-ring (bicyclic) bond motifs is 1. The van der Waals surface area contributed by atoms with Crippen molar-refractivity contribution >= 4 is 17.5 Å².